The molecule has 17 heavy (non-hydrogen) atoms. The molecule has 1 saturated heterocycles. The average Bonchev–Trinajstić information content (AvgIpc) is 2.97. The first kappa shape index (κ1) is 11.6. The van der Waals surface area contributed by atoms with Crippen molar-refractivity contribution in [2.45, 2.75) is 43.4 Å². The van der Waals surface area contributed by atoms with E-state index in [1.165, 1.54) is 55.7 Å². The van der Waals surface area contributed by atoms with E-state index in [1.807, 2.05) is 4.68 Å². The number of rotatable bonds is 3. The molecule has 2 atom stereocenters. The summed E-state index contributed by atoms with van der Waals surface area (Å²) in [5.41, 5.74) is 2.88. The van der Waals surface area contributed by atoms with E-state index in [0.29, 0.717) is 6.04 Å². The van der Waals surface area contributed by atoms with E-state index < -0.39 is 0 Å². The van der Waals surface area contributed by atoms with Crippen molar-refractivity contribution >= 4 is 11.8 Å². The number of nitrogens with one attached hydrogen (secondary N) is 1. The zero-order chi connectivity index (χ0) is 11.7. The van der Waals surface area contributed by atoms with E-state index in [4.69, 9.17) is 0 Å². The largest absolute Gasteiger partial charge is 0.309 e. The number of nitrogens with zero attached hydrogens (tertiary/aromatic N) is 2. The summed E-state index contributed by atoms with van der Waals surface area (Å²) < 4.78 is 2.05. The molecule has 2 heterocycles. The Morgan fingerprint density at radius 3 is 3.24 bits per heavy atom. The minimum absolute atomic E-state index is 0.550. The van der Waals surface area contributed by atoms with Crippen molar-refractivity contribution in [1.82, 2.24) is 15.1 Å². The van der Waals surface area contributed by atoms with Crippen molar-refractivity contribution < 1.29 is 0 Å². The SMILES string of the molecule is Cn1ncc2c1CCCC2NCC1CCCS1. The fraction of sp³-hybridized carbons (Fsp3) is 0.769. The molecule has 0 spiro atoms. The van der Waals surface area contributed by atoms with Gasteiger partial charge in [-0.25, -0.2) is 0 Å². The van der Waals surface area contributed by atoms with Crippen LogP contribution in [0.3, 0.4) is 0 Å². The molecule has 0 aromatic carbocycles. The fourth-order valence-electron chi connectivity index (χ4n) is 3.00. The van der Waals surface area contributed by atoms with Crippen LogP contribution in [0.15, 0.2) is 6.20 Å². The van der Waals surface area contributed by atoms with Crippen LogP contribution in [-0.4, -0.2) is 27.3 Å². The molecule has 1 fully saturated rings. The second-order valence-corrected chi connectivity index (χ2v) is 6.57. The predicted molar refractivity (Wildman–Crippen MR) is 72.4 cm³/mol. The van der Waals surface area contributed by atoms with Crippen LogP contribution in [0.25, 0.3) is 0 Å². The maximum absolute atomic E-state index is 4.40. The van der Waals surface area contributed by atoms with Gasteiger partial charge in [0.05, 0.1) is 6.20 Å². The molecule has 2 aliphatic rings. The Balaban J connectivity index is 1.64. The van der Waals surface area contributed by atoms with E-state index in [1.54, 1.807) is 0 Å². The first-order valence-electron chi connectivity index (χ1n) is 6.70. The lowest BCUT2D eigenvalue weighted by Gasteiger charge is -2.25. The van der Waals surface area contributed by atoms with Crippen LogP contribution in [0.1, 0.15) is 43.0 Å². The first-order chi connectivity index (χ1) is 8.34. The second kappa shape index (κ2) is 5.02. The third-order valence-electron chi connectivity index (χ3n) is 3.99. The van der Waals surface area contributed by atoms with Crippen LogP contribution in [-0.2, 0) is 13.5 Å². The highest BCUT2D eigenvalue weighted by Gasteiger charge is 2.24. The molecular formula is C13H21N3S. The van der Waals surface area contributed by atoms with Crippen LogP contribution in [0.2, 0.25) is 0 Å². The highest BCUT2D eigenvalue weighted by Crippen LogP contribution is 2.31. The van der Waals surface area contributed by atoms with Gasteiger partial charge < -0.3 is 5.32 Å². The standard InChI is InChI=1S/C13H21N3S/c1-16-13-6-2-5-12(11(13)9-15-16)14-8-10-4-3-7-17-10/h9-10,12,14H,2-8H2,1H3. The van der Waals surface area contributed by atoms with Crippen molar-refractivity contribution in [3.8, 4) is 0 Å². The topological polar surface area (TPSA) is 29.9 Å². The molecular weight excluding hydrogens is 230 g/mol. The van der Waals surface area contributed by atoms with Crippen LogP contribution in [0.5, 0.6) is 0 Å². The van der Waals surface area contributed by atoms with Crippen LogP contribution in [0.4, 0.5) is 0 Å². The number of hydrogen-bond donors (Lipinski definition) is 1. The molecule has 1 aromatic heterocycles. The maximum atomic E-state index is 4.40. The van der Waals surface area contributed by atoms with Gasteiger partial charge in [-0.2, -0.15) is 16.9 Å². The third-order valence-corrected chi connectivity index (χ3v) is 5.39. The molecule has 0 saturated carbocycles. The first-order valence-corrected chi connectivity index (χ1v) is 7.75. The van der Waals surface area contributed by atoms with Gasteiger partial charge in [-0.1, -0.05) is 0 Å². The molecule has 3 nitrogen and oxygen atoms in total. The summed E-state index contributed by atoms with van der Waals surface area (Å²) in [6.45, 7) is 1.17. The van der Waals surface area contributed by atoms with Gasteiger partial charge in [0.25, 0.3) is 0 Å². The monoisotopic (exact) mass is 251 g/mol. The average molecular weight is 251 g/mol. The molecule has 0 bridgehead atoms. The van der Waals surface area contributed by atoms with Crippen molar-refractivity contribution in [1.29, 1.82) is 0 Å². The highest BCUT2D eigenvalue weighted by molar-refractivity contribution is 8.00. The maximum Gasteiger partial charge on any atom is 0.0540 e. The fourth-order valence-corrected chi connectivity index (χ4v) is 4.21. The van der Waals surface area contributed by atoms with Gasteiger partial charge in [0.2, 0.25) is 0 Å². The Bertz CT molecular complexity index is 382. The van der Waals surface area contributed by atoms with E-state index in [9.17, 15) is 0 Å². The van der Waals surface area contributed by atoms with Gasteiger partial charge >= 0.3 is 0 Å². The molecule has 1 aromatic rings. The van der Waals surface area contributed by atoms with E-state index in [-0.39, 0.29) is 0 Å². The summed E-state index contributed by atoms with van der Waals surface area (Å²) in [6.07, 6.45) is 8.62. The van der Waals surface area contributed by atoms with Gasteiger partial charge in [0, 0.05) is 36.1 Å². The Hall–Kier alpha value is -0.480. The van der Waals surface area contributed by atoms with Crippen molar-refractivity contribution in [2.75, 3.05) is 12.3 Å². The smallest absolute Gasteiger partial charge is 0.0540 e. The van der Waals surface area contributed by atoms with Gasteiger partial charge in [-0.3, -0.25) is 4.68 Å². The summed E-state index contributed by atoms with van der Waals surface area (Å²) in [4.78, 5) is 0. The third kappa shape index (κ3) is 2.38. The highest BCUT2D eigenvalue weighted by atomic mass is 32.2. The zero-order valence-electron chi connectivity index (χ0n) is 10.5. The van der Waals surface area contributed by atoms with E-state index in [0.717, 1.165) is 5.25 Å². The van der Waals surface area contributed by atoms with Gasteiger partial charge in [0.1, 0.15) is 0 Å². The van der Waals surface area contributed by atoms with Crippen LogP contribution in [0, 0.1) is 0 Å². The molecule has 94 valence electrons. The van der Waals surface area contributed by atoms with Crippen LogP contribution >= 0.6 is 11.8 Å². The summed E-state index contributed by atoms with van der Waals surface area (Å²) in [7, 11) is 2.06. The quantitative estimate of drug-likeness (QED) is 0.894. The molecule has 4 heteroatoms. The Kier molecular flexibility index (Phi) is 3.43. The van der Waals surface area contributed by atoms with Gasteiger partial charge in [-0.15, -0.1) is 0 Å². The number of hydrogen-bond acceptors (Lipinski definition) is 3. The lowest BCUT2D eigenvalue weighted by Crippen LogP contribution is -2.30. The number of aromatic nitrogens is 2. The van der Waals surface area contributed by atoms with Crippen molar-refractivity contribution in [3.63, 3.8) is 0 Å². The normalized spacial score (nSPS) is 28.3. The molecule has 1 aliphatic carbocycles. The molecule has 1 N–H and O–H groups in total. The lowest BCUT2D eigenvalue weighted by molar-refractivity contribution is 0.450. The molecule has 1 aliphatic heterocycles. The van der Waals surface area contributed by atoms with Crippen molar-refractivity contribution in [3.05, 3.63) is 17.5 Å². The molecule has 2 unspecified atom stereocenters. The van der Waals surface area contributed by atoms with Gasteiger partial charge in [-0.05, 0) is 37.9 Å². The van der Waals surface area contributed by atoms with E-state index in [2.05, 4.69) is 35.4 Å². The number of aryl methyl sites for hydroxylation is 1. The second-order valence-electron chi connectivity index (χ2n) is 5.16. The predicted octanol–water partition coefficient (Wildman–Crippen LogP) is 2.28. The Labute approximate surface area is 107 Å². The Morgan fingerprint density at radius 1 is 1.47 bits per heavy atom. The Morgan fingerprint density at radius 2 is 2.41 bits per heavy atom. The number of thioether (sulfide) groups is 1. The van der Waals surface area contributed by atoms with Crippen molar-refractivity contribution in [2.24, 2.45) is 7.05 Å². The number of fused-ring (bicyclic) bond motifs is 1. The summed E-state index contributed by atoms with van der Waals surface area (Å²) in [5.74, 6) is 1.36. The minimum atomic E-state index is 0.550. The molecule has 0 radical (unpaired) electrons. The van der Waals surface area contributed by atoms with Crippen LogP contribution < -0.4 is 5.32 Å². The molecule has 0 amide bonds. The van der Waals surface area contributed by atoms with E-state index >= 15 is 0 Å². The summed E-state index contributed by atoms with van der Waals surface area (Å²) >= 11 is 2.13. The lowest BCUT2D eigenvalue weighted by atomic mass is 9.93. The summed E-state index contributed by atoms with van der Waals surface area (Å²) in [6, 6.07) is 0.550. The van der Waals surface area contributed by atoms with Gasteiger partial charge in [0.15, 0.2) is 0 Å². The molecule has 3 rings (SSSR count). The zero-order valence-corrected chi connectivity index (χ0v) is 11.3. The summed E-state index contributed by atoms with van der Waals surface area (Å²) in [5, 5.41) is 9.00. The minimum Gasteiger partial charge on any atom is -0.309 e.